The first kappa shape index (κ1) is 21.7. The van der Waals surface area contributed by atoms with E-state index in [1.165, 1.54) is 0 Å². The number of carbonyl (C=O) groups is 2. The SMILES string of the molecule is COc1ccc(CCNC(=O)NCC2CCN(C(=O)c3cc4ccccc4o3)CC2)cc1. The van der Waals surface area contributed by atoms with Crippen molar-refractivity contribution >= 4 is 22.9 Å². The molecular formula is C25H29N3O4. The van der Waals surface area contributed by atoms with Gasteiger partial charge < -0.3 is 24.7 Å². The minimum atomic E-state index is -0.153. The molecule has 2 aromatic carbocycles. The zero-order valence-electron chi connectivity index (χ0n) is 18.3. The number of carbonyl (C=O) groups excluding carboxylic acids is 2. The number of para-hydroxylation sites is 1. The molecule has 0 bridgehead atoms. The molecule has 0 atom stereocenters. The Kier molecular flexibility index (Phi) is 6.94. The molecule has 7 nitrogen and oxygen atoms in total. The maximum Gasteiger partial charge on any atom is 0.314 e. The van der Waals surface area contributed by atoms with Crippen LogP contribution in [0.2, 0.25) is 0 Å². The molecule has 1 aromatic heterocycles. The third-order valence-corrected chi connectivity index (χ3v) is 5.95. The lowest BCUT2D eigenvalue weighted by Crippen LogP contribution is -2.43. The van der Waals surface area contributed by atoms with Crippen LogP contribution in [0.25, 0.3) is 11.0 Å². The molecule has 1 fully saturated rings. The number of amides is 3. The number of methoxy groups -OCH3 is 1. The van der Waals surface area contributed by atoms with Crippen molar-refractivity contribution in [2.24, 2.45) is 5.92 Å². The normalized spacial score (nSPS) is 14.3. The third-order valence-electron chi connectivity index (χ3n) is 5.95. The van der Waals surface area contributed by atoms with Gasteiger partial charge in [-0.05, 0) is 55.0 Å². The molecule has 3 aromatic rings. The lowest BCUT2D eigenvalue weighted by Gasteiger charge is -2.31. The fourth-order valence-corrected chi connectivity index (χ4v) is 4.00. The van der Waals surface area contributed by atoms with E-state index in [9.17, 15) is 9.59 Å². The van der Waals surface area contributed by atoms with Crippen LogP contribution in [0.4, 0.5) is 4.79 Å². The van der Waals surface area contributed by atoms with Crippen LogP contribution in [0.5, 0.6) is 5.75 Å². The molecule has 0 radical (unpaired) electrons. The van der Waals surface area contributed by atoms with Crippen molar-refractivity contribution < 1.29 is 18.7 Å². The van der Waals surface area contributed by atoms with E-state index in [2.05, 4.69) is 10.6 Å². The molecule has 168 valence electrons. The summed E-state index contributed by atoms with van der Waals surface area (Å²) in [5, 5.41) is 6.80. The lowest BCUT2D eigenvalue weighted by molar-refractivity contribution is 0.0661. The summed E-state index contributed by atoms with van der Waals surface area (Å²) >= 11 is 0. The van der Waals surface area contributed by atoms with Crippen molar-refractivity contribution in [3.8, 4) is 5.75 Å². The van der Waals surface area contributed by atoms with Gasteiger partial charge in [-0.1, -0.05) is 30.3 Å². The minimum absolute atomic E-state index is 0.0658. The molecule has 7 heteroatoms. The Morgan fingerprint density at radius 2 is 1.81 bits per heavy atom. The van der Waals surface area contributed by atoms with Gasteiger partial charge in [-0.3, -0.25) is 4.79 Å². The fraction of sp³-hybridized carbons (Fsp3) is 0.360. The number of rotatable bonds is 7. The average Bonchev–Trinajstić information content (AvgIpc) is 3.27. The molecule has 1 saturated heterocycles. The Morgan fingerprint density at radius 1 is 1.06 bits per heavy atom. The Labute approximate surface area is 187 Å². The van der Waals surface area contributed by atoms with Gasteiger partial charge in [-0.2, -0.15) is 0 Å². The third kappa shape index (κ3) is 5.41. The quantitative estimate of drug-likeness (QED) is 0.591. The van der Waals surface area contributed by atoms with E-state index >= 15 is 0 Å². The zero-order valence-corrected chi connectivity index (χ0v) is 18.3. The molecular weight excluding hydrogens is 406 g/mol. The van der Waals surface area contributed by atoms with Gasteiger partial charge in [-0.15, -0.1) is 0 Å². The van der Waals surface area contributed by atoms with Crippen LogP contribution >= 0.6 is 0 Å². The van der Waals surface area contributed by atoms with Crippen molar-refractivity contribution in [3.63, 3.8) is 0 Å². The summed E-state index contributed by atoms with van der Waals surface area (Å²) in [5.41, 5.74) is 1.88. The van der Waals surface area contributed by atoms with Gasteiger partial charge in [0.15, 0.2) is 5.76 Å². The van der Waals surface area contributed by atoms with E-state index < -0.39 is 0 Å². The summed E-state index contributed by atoms with van der Waals surface area (Å²) in [4.78, 5) is 26.7. The van der Waals surface area contributed by atoms with Crippen molar-refractivity contribution in [3.05, 3.63) is 65.9 Å². The predicted octanol–water partition coefficient (Wildman–Crippen LogP) is 3.84. The van der Waals surface area contributed by atoms with Gasteiger partial charge in [0, 0.05) is 31.6 Å². The number of piperidine rings is 1. The van der Waals surface area contributed by atoms with E-state index in [1.54, 1.807) is 7.11 Å². The Morgan fingerprint density at radius 3 is 2.53 bits per heavy atom. The summed E-state index contributed by atoms with van der Waals surface area (Å²) in [5.74, 6) is 1.51. The number of nitrogens with one attached hydrogen (secondary N) is 2. The molecule has 1 aliphatic heterocycles. The first-order valence-corrected chi connectivity index (χ1v) is 11.0. The van der Waals surface area contributed by atoms with Crippen LogP contribution in [-0.4, -0.2) is 50.1 Å². The number of fused-ring (bicyclic) bond motifs is 1. The highest BCUT2D eigenvalue weighted by Gasteiger charge is 2.25. The maximum absolute atomic E-state index is 12.8. The Bertz CT molecular complexity index is 1020. The molecule has 32 heavy (non-hydrogen) atoms. The second-order valence-corrected chi connectivity index (χ2v) is 8.12. The summed E-state index contributed by atoms with van der Waals surface area (Å²) in [6.07, 6.45) is 2.48. The van der Waals surface area contributed by atoms with Crippen LogP contribution in [-0.2, 0) is 6.42 Å². The second kappa shape index (κ2) is 10.2. The number of urea groups is 1. The molecule has 0 unspecified atom stereocenters. The first-order chi connectivity index (χ1) is 15.6. The smallest absolute Gasteiger partial charge is 0.314 e. The first-order valence-electron chi connectivity index (χ1n) is 11.0. The molecule has 2 heterocycles. The summed E-state index contributed by atoms with van der Waals surface area (Å²) in [6.45, 7) is 2.52. The van der Waals surface area contributed by atoms with Gasteiger partial charge in [0.1, 0.15) is 11.3 Å². The van der Waals surface area contributed by atoms with Crippen molar-refractivity contribution in [2.45, 2.75) is 19.3 Å². The molecule has 0 saturated carbocycles. The lowest BCUT2D eigenvalue weighted by atomic mass is 9.96. The topological polar surface area (TPSA) is 83.8 Å². The van der Waals surface area contributed by atoms with Crippen molar-refractivity contribution in [1.29, 1.82) is 0 Å². The molecule has 4 rings (SSSR count). The van der Waals surface area contributed by atoms with E-state index in [-0.39, 0.29) is 11.9 Å². The molecule has 1 aliphatic rings. The monoisotopic (exact) mass is 435 g/mol. The number of benzene rings is 2. The van der Waals surface area contributed by atoms with Crippen LogP contribution in [0.1, 0.15) is 29.0 Å². The summed E-state index contributed by atoms with van der Waals surface area (Å²) in [6, 6.07) is 17.1. The fourth-order valence-electron chi connectivity index (χ4n) is 4.00. The predicted molar refractivity (Wildman–Crippen MR) is 123 cm³/mol. The highest BCUT2D eigenvalue weighted by Crippen LogP contribution is 2.23. The molecule has 0 aliphatic carbocycles. The Hall–Kier alpha value is -3.48. The highest BCUT2D eigenvalue weighted by molar-refractivity contribution is 5.96. The number of nitrogens with zero attached hydrogens (tertiary/aromatic N) is 1. The van der Waals surface area contributed by atoms with Crippen LogP contribution in [0.3, 0.4) is 0 Å². The number of hydrogen-bond acceptors (Lipinski definition) is 4. The van der Waals surface area contributed by atoms with Crippen LogP contribution in [0, 0.1) is 5.92 Å². The maximum atomic E-state index is 12.8. The van der Waals surface area contributed by atoms with Gasteiger partial charge >= 0.3 is 6.03 Å². The van der Waals surface area contributed by atoms with Gasteiger partial charge in [0.2, 0.25) is 0 Å². The van der Waals surface area contributed by atoms with Gasteiger partial charge in [0.25, 0.3) is 5.91 Å². The summed E-state index contributed by atoms with van der Waals surface area (Å²) in [7, 11) is 1.64. The largest absolute Gasteiger partial charge is 0.497 e. The van der Waals surface area contributed by atoms with Gasteiger partial charge in [-0.25, -0.2) is 4.79 Å². The number of furan rings is 1. The molecule has 0 spiro atoms. The van der Waals surface area contributed by atoms with Crippen LogP contribution < -0.4 is 15.4 Å². The second-order valence-electron chi connectivity index (χ2n) is 8.12. The highest BCUT2D eigenvalue weighted by atomic mass is 16.5. The van der Waals surface area contributed by atoms with E-state index in [0.29, 0.717) is 37.9 Å². The van der Waals surface area contributed by atoms with Crippen molar-refractivity contribution in [1.82, 2.24) is 15.5 Å². The van der Waals surface area contributed by atoms with Gasteiger partial charge in [0.05, 0.1) is 7.11 Å². The average molecular weight is 436 g/mol. The number of likely N-dealkylation sites (tertiary alicyclic amines) is 1. The number of hydrogen-bond donors (Lipinski definition) is 2. The minimum Gasteiger partial charge on any atom is -0.497 e. The molecule has 2 N–H and O–H groups in total. The standard InChI is InChI=1S/C25H29N3O4/c1-31-21-8-6-18(7-9-21)10-13-26-25(30)27-17-19-11-14-28(15-12-19)24(29)23-16-20-4-2-3-5-22(20)32-23/h2-9,16,19H,10-15,17H2,1H3,(H2,26,27,30). The summed E-state index contributed by atoms with van der Waals surface area (Å²) < 4.78 is 10.9. The van der Waals surface area contributed by atoms with E-state index in [4.69, 9.17) is 9.15 Å². The molecule has 3 amide bonds. The van der Waals surface area contributed by atoms with E-state index in [1.807, 2.05) is 59.5 Å². The number of ether oxygens (including phenoxy) is 1. The zero-order chi connectivity index (χ0) is 22.3. The van der Waals surface area contributed by atoms with Crippen molar-refractivity contribution in [2.75, 3.05) is 33.3 Å². The van der Waals surface area contributed by atoms with E-state index in [0.717, 1.165) is 41.5 Å². The Balaban J connectivity index is 1.15. The van der Waals surface area contributed by atoms with Crippen LogP contribution in [0.15, 0.2) is 59.0 Å².